The SMILES string of the molecule is Cc1cccc(Oc2ccc(Cl)cc2NC(=O)Cc2cccs2)c1. The van der Waals surface area contributed by atoms with Crippen molar-refractivity contribution < 1.29 is 9.53 Å². The number of ether oxygens (including phenoxy) is 1. The highest BCUT2D eigenvalue weighted by Gasteiger charge is 2.11. The number of benzene rings is 2. The molecule has 0 unspecified atom stereocenters. The summed E-state index contributed by atoms with van der Waals surface area (Å²) in [5.41, 5.74) is 1.66. The van der Waals surface area contributed by atoms with Gasteiger partial charge in [-0.1, -0.05) is 29.8 Å². The summed E-state index contributed by atoms with van der Waals surface area (Å²) in [7, 11) is 0. The first-order chi connectivity index (χ1) is 11.6. The summed E-state index contributed by atoms with van der Waals surface area (Å²) >= 11 is 7.62. The summed E-state index contributed by atoms with van der Waals surface area (Å²) in [6, 6.07) is 16.8. The Labute approximate surface area is 149 Å². The molecule has 1 heterocycles. The monoisotopic (exact) mass is 357 g/mol. The van der Waals surface area contributed by atoms with E-state index in [0.717, 1.165) is 10.4 Å². The van der Waals surface area contributed by atoms with Crippen LogP contribution in [0, 0.1) is 6.92 Å². The van der Waals surface area contributed by atoms with Gasteiger partial charge in [-0.05, 0) is 54.3 Å². The molecule has 3 rings (SSSR count). The van der Waals surface area contributed by atoms with Crippen LogP contribution in [0.3, 0.4) is 0 Å². The number of halogens is 1. The first kappa shape index (κ1) is 16.6. The van der Waals surface area contributed by atoms with Crippen molar-refractivity contribution in [2.45, 2.75) is 13.3 Å². The lowest BCUT2D eigenvalue weighted by atomic mass is 10.2. The molecule has 2 aromatic carbocycles. The van der Waals surface area contributed by atoms with Crippen LogP contribution in [0.5, 0.6) is 11.5 Å². The van der Waals surface area contributed by atoms with Crippen LogP contribution < -0.4 is 10.1 Å². The Morgan fingerprint density at radius 1 is 1.17 bits per heavy atom. The fraction of sp³-hybridized carbons (Fsp3) is 0.105. The minimum absolute atomic E-state index is 0.103. The summed E-state index contributed by atoms with van der Waals surface area (Å²) in [4.78, 5) is 13.3. The number of anilines is 1. The molecule has 0 atom stereocenters. The molecule has 0 aliphatic heterocycles. The highest BCUT2D eigenvalue weighted by Crippen LogP contribution is 2.32. The number of nitrogens with one attached hydrogen (secondary N) is 1. The smallest absolute Gasteiger partial charge is 0.229 e. The van der Waals surface area contributed by atoms with Crippen LogP contribution in [0.4, 0.5) is 5.69 Å². The number of carbonyl (C=O) groups excluding carboxylic acids is 1. The van der Waals surface area contributed by atoms with Crippen LogP contribution in [0.2, 0.25) is 5.02 Å². The highest BCUT2D eigenvalue weighted by molar-refractivity contribution is 7.10. The molecule has 0 spiro atoms. The van der Waals surface area contributed by atoms with E-state index in [0.29, 0.717) is 28.6 Å². The van der Waals surface area contributed by atoms with Gasteiger partial charge in [0.25, 0.3) is 0 Å². The van der Waals surface area contributed by atoms with Gasteiger partial charge >= 0.3 is 0 Å². The average Bonchev–Trinajstić information content (AvgIpc) is 3.03. The Bertz CT molecular complexity index is 846. The van der Waals surface area contributed by atoms with Gasteiger partial charge in [0, 0.05) is 9.90 Å². The summed E-state index contributed by atoms with van der Waals surface area (Å²) in [6.45, 7) is 2.00. The van der Waals surface area contributed by atoms with Gasteiger partial charge in [0.05, 0.1) is 12.1 Å². The normalized spacial score (nSPS) is 10.4. The molecule has 0 bridgehead atoms. The highest BCUT2D eigenvalue weighted by atomic mass is 35.5. The molecule has 3 aromatic rings. The van der Waals surface area contributed by atoms with E-state index in [2.05, 4.69) is 5.32 Å². The van der Waals surface area contributed by atoms with Gasteiger partial charge in [-0.3, -0.25) is 4.79 Å². The first-order valence-corrected chi connectivity index (χ1v) is 8.72. The van der Waals surface area contributed by atoms with Gasteiger partial charge in [-0.2, -0.15) is 0 Å². The number of rotatable bonds is 5. The van der Waals surface area contributed by atoms with Crippen LogP contribution in [0.15, 0.2) is 60.0 Å². The molecule has 0 fully saturated rings. The molecular weight excluding hydrogens is 342 g/mol. The molecule has 0 radical (unpaired) electrons. The third-order valence-electron chi connectivity index (χ3n) is 3.35. The van der Waals surface area contributed by atoms with Crippen molar-refractivity contribution in [1.82, 2.24) is 0 Å². The molecule has 1 amide bonds. The fourth-order valence-corrected chi connectivity index (χ4v) is 3.14. The molecule has 0 saturated carbocycles. The van der Waals surface area contributed by atoms with E-state index >= 15 is 0 Å². The van der Waals surface area contributed by atoms with Crippen molar-refractivity contribution in [1.29, 1.82) is 0 Å². The molecule has 1 aromatic heterocycles. The Morgan fingerprint density at radius 3 is 2.79 bits per heavy atom. The third kappa shape index (κ3) is 4.37. The lowest BCUT2D eigenvalue weighted by Gasteiger charge is -2.13. The number of carbonyl (C=O) groups is 1. The van der Waals surface area contributed by atoms with E-state index in [-0.39, 0.29) is 5.91 Å². The van der Waals surface area contributed by atoms with Crippen molar-refractivity contribution in [3.05, 3.63) is 75.4 Å². The molecule has 0 saturated heterocycles. The van der Waals surface area contributed by atoms with Gasteiger partial charge in [0.2, 0.25) is 5.91 Å². The second kappa shape index (κ2) is 7.51. The minimum atomic E-state index is -0.103. The molecule has 0 aliphatic rings. The zero-order chi connectivity index (χ0) is 16.9. The summed E-state index contributed by atoms with van der Waals surface area (Å²) in [6.07, 6.45) is 0.327. The van der Waals surface area contributed by atoms with E-state index in [1.165, 1.54) is 0 Å². The minimum Gasteiger partial charge on any atom is -0.455 e. The number of hydrogen-bond acceptors (Lipinski definition) is 3. The second-order valence-corrected chi connectivity index (χ2v) is 6.83. The Balaban J connectivity index is 1.79. The number of hydrogen-bond donors (Lipinski definition) is 1. The maximum atomic E-state index is 12.2. The Kier molecular flexibility index (Phi) is 5.18. The van der Waals surface area contributed by atoms with Gasteiger partial charge < -0.3 is 10.1 Å². The molecule has 122 valence electrons. The van der Waals surface area contributed by atoms with E-state index in [9.17, 15) is 4.79 Å². The zero-order valence-electron chi connectivity index (χ0n) is 13.1. The third-order valence-corrected chi connectivity index (χ3v) is 4.46. The van der Waals surface area contributed by atoms with Crippen molar-refractivity contribution >= 4 is 34.5 Å². The lowest BCUT2D eigenvalue weighted by molar-refractivity contribution is -0.115. The quantitative estimate of drug-likeness (QED) is 0.637. The summed E-state index contributed by atoms with van der Waals surface area (Å²) in [5, 5.41) is 5.38. The summed E-state index contributed by atoms with van der Waals surface area (Å²) in [5.74, 6) is 1.17. The maximum Gasteiger partial charge on any atom is 0.229 e. The van der Waals surface area contributed by atoms with Crippen molar-refractivity contribution in [3.63, 3.8) is 0 Å². The predicted octanol–water partition coefficient (Wildman–Crippen LogP) is 5.68. The van der Waals surface area contributed by atoms with Crippen LogP contribution in [-0.4, -0.2) is 5.91 Å². The molecular formula is C19H16ClNO2S. The topological polar surface area (TPSA) is 38.3 Å². The first-order valence-electron chi connectivity index (χ1n) is 7.46. The molecule has 24 heavy (non-hydrogen) atoms. The van der Waals surface area contributed by atoms with Crippen molar-refractivity contribution in [2.75, 3.05) is 5.32 Å². The number of aryl methyl sites for hydroxylation is 1. The molecule has 0 aliphatic carbocycles. The number of thiophene rings is 1. The zero-order valence-corrected chi connectivity index (χ0v) is 14.7. The van der Waals surface area contributed by atoms with E-state index in [4.69, 9.17) is 16.3 Å². The second-order valence-electron chi connectivity index (χ2n) is 5.36. The standard InChI is InChI=1S/C19H16ClNO2S/c1-13-4-2-5-15(10-13)23-18-8-7-14(20)11-17(18)21-19(22)12-16-6-3-9-24-16/h2-11H,12H2,1H3,(H,21,22). The van der Waals surface area contributed by atoms with Crippen LogP contribution in [-0.2, 0) is 11.2 Å². The molecule has 5 heteroatoms. The fourth-order valence-electron chi connectivity index (χ4n) is 2.26. The number of amides is 1. The predicted molar refractivity (Wildman–Crippen MR) is 99.4 cm³/mol. The van der Waals surface area contributed by atoms with E-state index < -0.39 is 0 Å². The van der Waals surface area contributed by atoms with Gasteiger partial charge in [-0.25, -0.2) is 0 Å². The maximum absolute atomic E-state index is 12.2. The van der Waals surface area contributed by atoms with Gasteiger partial charge in [0.15, 0.2) is 5.75 Å². The largest absolute Gasteiger partial charge is 0.455 e. The molecule has 3 nitrogen and oxygen atoms in total. The molecule has 1 N–H and O–H groups in total. The average molecular weight is 358 g/mol. The van der Waals surface area contributed by atoms with Crippen LogP contribution in [0.25, 0.3) is 0 Å². The van der Waals surface area contributed by atoms with Crippen LogP contribution >= 0.6 is 22.9 Å². The lowest BCUT2D eigenvalue weighted by Crippen LogP contribution is -2.14. The Morgan fingerprint density at radius 2 is 2.04 bits per heavy atom. The Hall–Kier alpha value is -2.30. The van der Waals surface area contributed by atoms with Gasteiger partial charge in [-0.15, -0.1) is 11.3 Å². The summed E-state index contributed by atoms with van der Waals surface area (Å²) < 4.78 is 5.91. The van der Waals surface area contributed by atoms with Gasteiger partial charge in [0.1, 0.15) is 5.75 Å². The van der Waals surface area contributed by atoms with Crippen molar-refractivity contribution in [2.24, 2.45) is 0 Å². The van der Waals surface area contributed by atoms with Crippen LogP contribution in [0.1, 0.15) is 10.4 Å². The van der Waals surface area contributed by atoms with E-state index in [1.807, 2.05) is 48.7 Å². The van der Waals surface area contributed by atoms with Crippen molar-refractivity contribution in [3.8, 4) is 11.5 Å². The van der Waals surface area contributed by atoms with E-state index in [1.54, 1.807) is 29.5 Å².